The molecular weight excluding hydrogens is 306 g/mol. The molecule has 0 aliphatic carbocycles. The Morgan fingerprint density at radius 1 is 1.48 bits per heavy atom. The van der Waals surface area contributed by atoms with Crippen LogP contribution >= 0.6 is 22.9 Å². The summed E-state index contributed by atoms with van der Waals surface area (Å²) in [6.07, 6.45) is 0. The molecule has 0 saturated carbocycles. The number of nitrogens with two attached hydrogens (primary N) is 1. The summed E-state index contributed by atoms with van der Waals surface area (Å²) in [7, 11) is 0. The molecule has 2 heterocycles. The third-order valence-electron chi connectivity index (χ3n) is 3.64. The third-order valence-corrected chi connectivity index (χ3v) is 4.81. The third kappa shape index (κ3) is 2.64. The summed E-state index contributed by atoms with van der Waals surface area (Å²) in [4.78, 5) is 15.1. The van der Waals surface area contributed by atoms with E-state index in [9.17, 15) is 4.79 Å². The minimum atomic E-state index is -0.626. The number of hydrogen-bond donors (Lipinski definition) is 2. The molecule has 0 fully saturated rings. The molecular formula is C15H16ClN3OS. The number of anilines is 2. The molecule has 0 radical (unpaired) electrons. The summed E-state index contributed by atoms with van der Waals surface area (Å²) in [6.45, 7) is 3.71. The first kappa shape index (κ1) is 14.4. The van der Waals surface area contributed by atoms with Gasteiger partial charge in [0.15, 0.2) is 0 Å². The Hall–Kier alpha value is -1.56. The second-order valence-electron chi connectivity index (χ2n) is 4.95. The second kappa shape index (κ2) is 5.67. The van der Waals surface area contributed by atoms with Gasteiger partial charge in [-0.15, -0.1) is 11.3 Å². The lowest BCUT2D eigenvalue weighted by Crippen LogP contribution is -2.22. The van der Waals surface area contributed by atoms with Crippen molar-refractivity contribution in [2.24, 2.45) is 5.73 Å². The highest BCUT2D eigenvalue weighted by Crippen LogP contribution is 2.38. The molecule has 110 valence electrons. The van der Waals surface area contributed by atoms with Crippen molar-refractivity contribution < 1.29 is 4.79 Å². The zero-order valence-electron chi connectivity index (χ0n) is 11.6. The number of hydrogen-bond acceptors (Lipinski definition) is 4. The Bertz CT molecular complexity index is 672. The maximum absolute atomic E-state index is 11.7. The van der Waals surface area contributed by atoms with Crippen molar-refractivity contribution in [2.75, 3.05) is 16.8 Å². The zero-order chi connectivity index (χ0) is 15.0. The SMILES string of the molecule is CCN(Cc1cccs1)c1cc2c(cc1Cl)C(N)C(=O)N2. The highest BCUT2D eigenvalue weighted by Gasteiger charge is 2.29. The Balaban J connectivity index is 1.94. The Morgan fingerprint density at radius 2 is 2.29 bits per heavy atom. The fourth-order valence-electron chi connectivity index (χ4n) is 2.49. The number of halogens is 1. The van der Waals surface area contributed by atoms with Gasteiger partial charge in [-0.1, -0.05) is 17.7 Å². The van der Waals surface area contributed by atoms with Gasteiger partial charge >= 0.3 is 0 Å². The number of fused-ring (bicyclic) bond motifs is 1. The molecule has 21 heavy (non-hydrogen) atoms. The molecule has 1 atom stereocenters. The van der Waals surface area contributed by atoms with E-state index in [1.54, 1.807) is 17.4 Å². The van der Waals surface area contributed by atoms with Gasteiger partial charge in [0.2, 0.25) is 5.91 Å². The van der Waals surface area contributed by atoms with Crippen molar-refractivity contribution in [3.8, 4) is 0 Å². The molecule has 1 aliphatic rings. The van der Waals surface area contributed by atoms with Gasteiger partial charge in [-0.25, -0.2) is 0 Å². The lowest BCUT2D eigenvalue weighted by Gasteiger charge is -2.24. The first-order valence-corrected chi connectivity index (χ1v) is 8.03. The van der Waals surface area contributed by atoms with Crippen LogP contribution in [-0.4, -0.2) is 12.5 Å². The van der Waals surface area contributed by atoms with Crippen LogP contribution in [0.2, 0.25) is 5.02 Å². The smallest absolute Gasteiger partial charge is 0.245 e. The van der Waals surface area contributed by atoms with Crippen molar-refractivity contribution >= 4 is 40.2 Å². The molecule has 2 aromatic rings. The molecule has 1 unspecified atom stereocenters. The number of carbonyl (C=O) groups is 1. The lowest BCUT2D eigenvalue weighted by atomic mass is 10.1. The maximum atomic E-state index is 11.7. The Kier molecular flexibility index (Phi) is 3.89. The number of thiophene rings is 1. The number of carbonyl (C=O) groups excluding carboxylic acids is 1. The van der Waals surface area contributed by atoms with E-state index in [0.29, 0.717) is 5.02 Å². The standard InChI is InChI=1S/C15H16ClN3OS/c1-2-19(8-9-4-3-5-21-9)13-7-12-10(6-11(13)16)14(17)15(20)18-12/h3-7,14H,2,8,17H2,1H3,(H,18,20). The summed E-state index contributed by atoms with van der Waals surface area (Å²) in [5.74, 6) is -0.181. The number of nitrogens with one attached hydrogen (secondary N) is 1. The second-order valence-corrected chi connectivity index (χ2v) is 6.39. The fourth-order valence-corrected chi connectivity index (χ4v) is 3.51. The van der Waals surface area contributed by atoms with Crippen LogP contribution in [0.25, 0.3) is 0 Å². The van der Waals surface area contributed by atoms with E-state index in [-0.39, 0.29) is 5.91 Å². The minimum absolute atomic E-state index is 0.181. The van der Waals surface area contributed by atoms with Gasteiger partial charge in [-0.05, 0) is 30.5 Å². The number of benzene rings is 1. The Labute approximate surface area is 132 Å². The monoisotopic (exact) mass is 321 g/mol. The van der Waals surface area contributed by atoms with Crippen LogP contribution in [0.15, 0.2) is 29.6 Å². The van der Waals surface area contributed by atoms with Crippen LogP contribution in [0.1, 0.15) is 23.4 Å². The summed E-state index contributed by atoms with van der Waals surface area (Å²) >= 11 is 8.12. The number of rotatable bonds is 4. The quantitative estimate of drug-likeness (QED) is 0.907. The van der Waals surface area contributed by atoms with Gasteiger partial charge < -0.3 is 16.0 Å². The normalized spacial score (nSPS) is 16.7. The summed E-state index contributed by atoms with van der Waals surface area (Å²) < 4.78 is 0. The topological polar surface area (TPSA) is 58.4 Å². The average molecular weight is 322 g/mol. The molecule has 0 bridgehead atoms. The average Bonchev–Trinajstić information content (AvgIpc) is 3.06. The van der Waals surface area contributed by atoms with E-state index in [4.69, 9.17) is 17.3 Å². The van der Waals surface area contributed by atoms with Gasteiger partial charge in [-0.3, -0.25) is 4.79 Å². The maximum Gasteiger partial charge on any atom is 0.245 e. The van der Waals surface area contributed by atoms with Crippen molar-refractivity contribution in [1.82, 2.24) is 0 Å². The molecule has 1 aromatic carbocycles. The predicted octanol–water partition coefficient (Wildman–Crippen LogP) is 3.38. The van der Waals surface area contributed by atoms with Crippen molar-refractivity contribution in [3.63, 3.8) is 0 Å². The van der Waals surface area contributed by atoms with Crippen molar-refractivity contribution in [2.45, 2.75) is 19.5 Å². The van der Waals surface area contributed by atoms with Crippen LogP contribution < -0.4 is 16.0 Å². The molecule has 3 rings (SSSR count). The molecule has 0 saturated heterocycles. The molecule has 1 amide bonds. The largest absolute Gasteiger partial charge is 0.365 e. The van der Waals surface area contributed by atoms with E-state index >= 15 is 0 Å². The van der Waals surface area contributed by atoms with E-state index in [2.05, 4.69) is 28.6 Å². The number of amides is 1. The van der Waals surface area contributed by atoms with Crippen molar-refractivity contribution in [3.05, 3.63) is 45.1 Å². The highest BCUT2D eigenvalue weighted by molar-refractivity contribution is 7.09. The fraction of sp³-hybridized carbons (Fsp3) is 0.267. The van der Waals surface area contributed by atoms with E-state index < -0.39 is 6.04 Å². The number of nitrogens with zero attached hydrogens (tertiary/aromatic N) is 1. The molecule has 1 aromatic heterocycles. The van der Waals surface area contributed by atoms with Crippen LogP contribution in [0, 0.1) is 0 Å². The Morgan fingerprint density at radius 3 is 2.95 bits per heavy atom. The molecule has 6 heteroatoms. The van der Waals surface area contributed by atoms with Gasteiger partial charge in [0, 0.05) is 22.7 Å². The first-order valence-electron chi connectivity index (χ1n) is 6.77. The van der Waals surface area contributed by atoms with Crippen LogP contribution in [0.3, 0.4) is 0 Å². The van der Waals surface area contributed by atoms with Crippen molar-refractivity contribution in [1.29, 1.82) is 0 Å². The zero-order valence-corrected chi connectivity index (χ0v) is 13.2. The predicted molar refractivity (Wildman–Crippen MR) is 88.1 cm³/mol. The minimum Gasteiger partial charge on any atom is -0.365 e. The van der Waals surface area contributed by atoms with E-state index in [1.165, 1.54) is 4.88 Å². The van der Waals surface area contributed by atoms with Gasteiger partial charge in [-0.2, -0.15) is 0 Å². The lowest BCUT2D eigenvalue weighted by molar-refractivity contribution is -0.116. The van der Waals surface area contributed by atoms with Gasteiger partial charge in [0.25, 0.3) is 0 Å². The molecule has 1 aliphatic heterocycles. The van der Waals surface area contributed by atoms with Crippen LogP contribution in [0.4, 0.5) is 11.4 Å². The van der Waals surface area contributed by atoms with Gasteiger partial charge in [0.1, 0.15) is 6.04 Å². The highest BCUT2D eigenvalue weighted by atomic mass is 35.5. The van der Waals surface area contributed by atoms with E-state index in [1.807, 2.05) is 12.1 Å². The summed E-state index contributed by atoms with van der Waals surface area (Å²) in [6, 6.07) is 7.23. The first-order chi connectivity index (χ1) is 10.1. The molecule has 4 nitrogen and oxygen atoms in total. The summed E-state index contributed by atoms with van der Waals surface area (Å²) in [5.41, 5.74) is 8.29. The molecule has 3 N–H and O–H groups in total. The van der Waals surface area contributed by atoms with E-state index in [0.717, 1.165) is 30.0 Å². The summed E-state index contributed by atoms with van der Waals surface area (Å²) in [5, 5.41) is 5.49. The van der Waals surface area contributed by atoms with Crippen LogP contribution in [-0.2, 0) is 11.3 Å². The molecule has 0 spiro atoms. The van der Waals surface area contributed by atoms with Gasteiger partial charge in [0.05, 0.1) is 17.3 Å². The van der Waals surface area contributed by atoms with Crippen LogP contribution in [0.5, 0.6) is 0 Å².